The lowest BCUT2D eigenvalue weighted by Crippen LogP contribution is -2.26. The zero-order valence-corrected chi connectivity index (χ0v) is 10.8. The van der Waals surface area contributed by atoms with Crippen LogP contribution in [0.4, 0.5) is 0 Å². The number of carbonyl (C=O) groups is 1. The summed E-state index contributed by atoms with van der Waals surface area (Å²) in [6.07, 6.45) is 1.28. The Morgan fingerprint density at radius 3 is 2.65 bits per heavy atom. The molecule has 1 aromatic rings. The van der Waals surface area contributed by atoms with Crippen LogP contribution < -0.4 is 4.74 Å². The number of halogens is 1. The first kappa shape index (κ1) is 13.8. The number of ether oxygens (including phenoxy) is 1. The van der Waals surface area contributed by atoms with Gasteiger partial charge in [-0.05, 0) is 30.5 Å². The lowest BCUT2D eigenvalue weighted by molar-refractivity contribution is -0.145. The Morgan fingerprint density at radius 1 is 1.47 bits per heavy atom. The molecule has 0 saturated heterocycles. The maximum Gasteiger partial charge on any atom is 0.344 e. The molecule has 0 amide bonds. The van der Waals surface area contributed by atoms with Gasteiger partial charge in [0.25, 0.3) is 0 Å². The van der Waals surface area contributed by atoms with Crippen molar-refractivity contribution in [2.45, 2.75) is 39.2 Å². The molecule has 0 bridgehead atoms. The van der Waals surface area contributed by atoms with Crippen LogP contribution in [-0.2, 0) is 11.2 Å². The Balaban J connectivity index is 2.82. The first-order valence-electron chi connectivity index (χ1n) is 5.76. The minimum atomic E-state index is -0.956. The molecule has 0 radical (unpaired) electrons. The third kappa shape index (κ3) is 3.93. The monoisotopic (exact) mass is 256 g/mol. The highest BCUT2D eigenvalue weighted by molar-refractivity contribution is 6.32. The maximum absolute atomic E-state index is 11.0. The minimum Gasteiger partial charge on any atom is -0.479 e. The molecule has 1 N–H and O–H groups in total. The lowest BCUT2D eigenvalue weighted by Gasteiger charge is -2.15. The van der Waals surface area contributed by atoms with Gasteiger partial charge in [0.2, 0.25) is 0 Å². The van der Waals surface area contributed by atoms with Gasteiger partial charge in [0.1, 0.15) is 5.75 Å². The number of hydrogen-bond donors (Lipinski definition) is 1. The fraction of sp³-hybridized carbons (Fsp3) is 0.462. The quantitative estimate of drug-likeness (QED) is 0.847. The topological polar surface area (TPSA) is 46.5 Å². The van der Waals surface area contributed by atoms with Crippen LogP contribution in [0.3, 0.4) is 0 Å². The highest BCUT2D eigenvalue weighted by Gasteiger charge is 2.19. The summed E-state index contributed by atoms with van der Waals surface area (Å²) in [6.45, 7) is 3.95. The van der Waals surface area contributed by atoms with Crippen molar-refractivity contribution in [3.05, 3.63) is 28.8 Å². The van der Waals surface area contributed by atoms with E-state index in [0.29, 0.717) is 17.2 Å². The van der Waals surface area contributed by atoms with Crippen molar-refractivity contribution in [2.24, 2.45) is 0 Å². The number of hydrogen-bond acceptors (Lipinski definition) is 2. The van der Waals surface area contributed by atoms with Crippen molar-refractivity contribution in [2.75, 3.05) is 0 Å². The second-order valence-electron chi connectivity index (χ2n) is 3.85. The standard InChI is InChI=1S/C13H17ClO3/c1-3-5-12(13(15)16)17-11-7-6-9(4-2)8-10(11)14/h6-8,12H,3-5H2,1-2H3,(H,15,16). The third-order valence-electron chi connectivity index (χ3n) is 2.50. The largest absolute Gasteiger partial charge is 0.479 e. The van der Waals surface area contributed by atoms with Crippen molar-refractivity contribution in [1.29, 1.82) is 0 Å². The van der Waals surface area contributed by atoms with Gasteiger partial charge in [-0.1, -0.05) is 37.9 Å². The lowest BCUT2D eigenvalue weighted by atomic mass is 10.1. The highest BCUT2D eigenvalue weighted by Crippen LogP contribution is 2.27. The third-order valence-corrected chi connectivity index (χ3v) is 2.80. The Bertz CT molecular complexity index is 390. The number of aryl methyl sites for hydroxylation is 1. The summed E-state index contributed by atoms with van der Waals surface area (Å²) in [5, 5.41) is 9.45. The molecule has 3 nitrogen and oxygen atoms in total. The summed E-state index contributed by atoms with van der Waals surface area (Å²) in [4.78, 5) is 11.0. The summed E-state index contributed by atoms with van der Waals surface area (Å²) < 4.78 is 5.42. The molecule has 94 valence electrons. The molecule has 0 saturated carbocycles. The maximum atomic E-state index is 11.0. The van der Waals surface area contributed by atoms with E-state index in [2.05, 4.69) is 0 Å². The second-order valence-corrected chi connectivity index (χ2v) is 4.26. The Kier molecular flexibility index (Phi) is 5.29. The van der Waals surface area contributed by atoms with Gasteiger partial charge in [-0.15, -0.1) is 0 Å². The van der Waals surface area contributed by atoms with Crippen molar-refractivity contribution < 1.29 is 14.6 Å². The first-order chi connectivity index (χ1) is 8.08. The molecule has 0 heterocycles. The molecule has 0 aromatic heterocycles. The van der Waals surface area contributed by atoms with Gasteiger partial charge in [-0.3, -0.25) is 0 Å². The summed E-state index contributed by atoms with van der Waals surface area (Å²) in [7, 11) is 0. The molecule has 1 unspecified atom stereocenters. The number of aliphatic carboxylic acids is 1. The van der Waals surface area contributed by atoms with Gasteiger partial charge in [0, 0.05) is 0 Å². The van der Waals surface area contributed by atoms with E-state index in [9.17, 15) is 4.79 Å². The Labute approximate surface area is 106 Å². The molecule has 0 fully saturated rings. The van der Waals surface area contributed by atoms with Gasteiger partial charge < -0.3 is 9.84 Å². The van der Waals surface area contributed by atoms with Crippen LogP contribution in [0.5, 0.6) is 5.75 Å². The molecule has 0 aliphatic heterocycles. The fourth-order valence-electron chi connectivity index (χ4n) is 1.51. The molecule has 1 aromatic carbocycles. The molecule has 0 aliphatic carbocycles. The predicted octanol–water partition coefficient (Wildman–Crippen LogP) is 3.53. The Morgan fingerprint density at radius 2 is 2.18 bits per heavy atom. The van der Waals surface area contributed by atoms with Crippen molar-refractivity contribution in [3.8, 4) is 5.75 Å². The van der Waals surface area contributed by atoms with Crippen LogP contribution in [0.15, 0.2) is 18.2 Å². The molecule has 17 heavy (non-hydrogen) atoms. The van der Waals surface area contributed by atoms with Crippen LogP contribution in [0.25, 0.3) is 0 Å². The van der Waals surface area contributed by atoms with Crippen LogP contribution in [0.2, 0.25) is 5.02 Å². The van der Waals surface area contributed by atoms with Gasteiger partial charge in [-0.25, -0.2) is 4.79 Å². The summed E-state index contributed by atoms with van der Waals surface area (Å²) >= 11 is 6.04. The molecule has 0 aliphatic rings. The van der Waals surface area contributed by atoms with Crippen molar-refractivity contribution in [3.63, 3.8) is 0 Å². The number of carboxylic acids is 1. The van der Waals surface area contributed by atoms with E-state index < -0.39 is 12.1 Å². The summed E-state index contributed by atoms with van der Waals surface area (Å²) in [6, 6.07) is 5.43. The molecular formula is C13H17ClO3. The summed E-state index contributed by atoms with van der Waals surface area (Å²) in [5.74, 6) is -0.521. The normalized spacial score (nSPS) is 12.2. The first-order valence-corrected chi connectivity index (χ1v) is 6.14. The Hall–Kier alpha value is -1.22. The molecule has 1 atom stereocenters. The predicted molar refractivity (Wildman–Crippen MR) is 67.8 cm³/mol. The van der Waals surface area contributed by atoms with Crippen molar-refractivity contribution in [1.82, 2.24) is 0 Å². The number of rotatable bonds is 6. The highest BCUT2D eigenvalue weighted by atomic mass is 35.5. The van der Waals surface area contributed by atoms with E-state index in [1.165, 1.54) is 0 Å². The minimum absolute atomic E-state index is 0.435. The number of benzene rings is 1. The van der Waals surface area contributed by atoms with E-state index in [1.54, 1.807) is 6.07 Å². The van der Waals surface area contributed by atoms with E-state index in [-0.39, 0.29) is 0 Å². The van der Waals surface area contributed by atoms with E-state index >= 15 is 0 Å². The SMILES string of the molecule is CCCC(Oc1ccc(CC)cc1Cl)C(=O)O. The molecule has 0 spiro atoms. The zero-order chi connectivity index (χ0) is 12.8. The van der Waals surface area contributed by atoms with Crippen LogP contribution in [-0.4, -0.2) is 17.2 Å². The zero-order valence-electron chi connectivity index (χ0n) is 10.1. The van der Waals surface area contributed by atoms with Gasteiger partial charge in [0.05, 0.1) is 5.02 Å². The van der Waals surface area contributed by atoms with Gasteiger partial charge in [-0.2, -0.15) is 0 Å². The van der Waals surface area contributed by atoms with Gasteiger partial charge in [0.15, 0.2) is 6.10 Å². The molecular weight excluding hydrogens is 240 g/mol. The average Bonchev–Trinajstić information content (AvgIpc) is 2.30. The van der Waals surface area contributed by atoms with Crippen molar-refractivity contribution >= 4 is 17.6 Å². The van der Waals surface area contributed by atoms with E-state index in [4.69, 9.17) is 21.4 Å². The second kappa shape index (κ2) is 6.50. The number of carboxylic acid groups (broad SMARTS) is 1. The van der Waals surface area contributed by atoms with Gasteiger partial charge >= 0.3 is 5.97 Å². The summed E-state index contributed by atoms with van der Waals surface area (Å²) in [5.41, 5.74) is 1.10. The van der Waals surface area contributed by atoms with Crippen LogP contribution in [0, 0.1) is 0 Å². The fourth-order valence-corrected chi connectivity index (χ4v) is 1.76. The smallest absolute Gasteiger partial charge is 0.344 e. The van der Waals surface area contributed by atoms with Crippen LogP contribution >= 0.6 is 11.6 Å². The van der Waals surface area contributed by atoms with E-state index in [1.807, 2.05) is 26.0 Å². The molecule has 4 heteroatoms. The van der Waals surface area contributed by atoms with E-state index in [0.717, 1.165) is 18.4 Å². The average molecular weight is 257 g/mol. The van der Waals surface area contributed by atoms with Crippen LogP contribution in [0.1, 0.15) is 32.3 Å². The molecule has 1 rings (SSSR count).